The molecule has 0 spiro atoms. The van der Waals surface area contributed by atoms with Gasteiger partial charge in [-0.25, -0.2) is 0 Å². The number of carbonyl (C=O) groups is 1. The molecule has 0 saturated carbocycles. The molecule has 0 amide bonds. The summed E-state index contributed by atoms with van der Waals surface area (Å²) in [7, 11) is -3.78. The Hall–Kier alpha value is -1.01. The van der Waals surface area contributed by atoms with Gasteiger partial charge >= 0.3 is 10.1 Å². The van der Waals surface area contributed by atoms with Crippen LogP contribution in [0.4, 0.5) is 0 Å². The van der Waals surface area contributed by atoms with Crippen LogP contribution in [0, 0.1) is 0 Å². The summed E-state index contributed by atoms with van der Waals surface area (Å²) in [4.78, 5) is 12.1. The van der Waals surface area contributed by atoms with Crippen LogP contribution in [-0.2, 0) is 14.9 Å². The predicted octanol–water partition coefficient (Wildman–Crippen LogP) is 3.52. The Morgan fingerprint density at radius 2 is 2.04 bits per heavy atom. The van der Waals surface area contributed by atoms with E-state index in [1.54, 1.807) is 12.1 Å². The van der Waals surface area contributed by atoms with Crippen LogP contribution in [0.2, 0.25) is 0 Å². The van der Waals surface area contributed by atoms with E-state index in [1.807, 2.05) is 12.1 Å². The molecule has 2 heterocycles. The highest BCUT2D eigenvalue weighted by atomic mass is 32.2. The summed E-state index contributed by atoms with van der Waals surface area (Å²) in [5, 5.41) is 0.299. The summed E-state index contributed by atoms with van der Waals surface area (Å²) >= 11 is 1.53. The van der Waals surface area contributed by atoms with Gasteiger partial charge in [0.05, 0.1) is 4.75 Å². The minimum atomic E-state index is -3.78. The largest absolute Gasteiger partial charge is 0.382 e. The number of rotatable bonds is 6. The standard InChI is InChI=1S/C17H22O4S2/c1-3-12(2)13-4-6-14(7-5-13)21-23(19,20)11-17-9-8-15(22-17)10-16(17)18/h4-7,12,15H,3,8-11H2,1-2H3. The van der Waals surface area contributed by atoms with Crippen LogP contribution in [0.15, 0.2) is 24.3 Å². The fourth-order valence-electron chi connectivity index (χ4n) is 3.31. The molecule has 6 heteroatoms. The molecule has 4 nitrogen and oxygen atoms in total. The Kier molecular flexibility index (Phi) is 4.49. The molecule has 126 valence electrons. The van der Waals surface area contributed by atoms with Crippen molar-refractivity contribution < 1.29 is 17.4 Å². The molecule has 0 aliphatic carbocycles. The minimum absolute atomic E-state index is 0.0676. The van der Waals surface area contributed by atoms with E-state index in [1.165, 1.54) is 11.8 Å². The molecule has 2 aliphatic heterocycles. The van der Waals surface area contributed by atoms with Crippen molar-refractivity contribution in [1.29, 1.82) is 0 Å². The first-order valence-electron chi connectivity index (χ1n) is 8.07. The molecule has 2 fully saturated rings. The maximum Gasteiger partial charge on any atom is 0.311 e. The van der Waals surface area contributed by atoms with E-state index < -0.39 is 14.9 Å². The maximum atomic E-state index is 12.4. The summed E-state index contributed by atoms with van der Waals surface area (Å²) < 4.78 is 29.2. The van der Waals surface area contributed by atoms with E-state index in [0.717, 1.165) is 18.4 Å². The van der Waals surface area contributed by atoms with Crippen molar-refractivity contribution in [3.63, 3.8) is 0 Å². The van der Waals surface area contributed by atoms with Crippen molar-refractivity contribution in [3.05, 3.63) is 29.8 Å². The highest BCUT2D eigenvalue weighted by Crippen LogP contribution is 2.53. The van der Waals surface area contributed by atoms with E-state index in [0.29, 0.717) is 29.8 Å². The zero-order valence-corrected chi connectivity index (χ0v) is 15.1. The molecule has 23 heavy (non-hydrogen) atoms. The van der Waals surface area contributed by atoms with Crippen LogP contribution in [0.25, 0.3) is 0 Å². The Balaban J connectivity index is 1.70. The molecule has 0 radical (unpaired) electrons. The minimum Gasteiger partial charge on any atom is -0.382 e. The molecule has 2 saturated heterocycles. The third-order valence-electron chi connectivity index (χ3n) is 4.88. The van der Waals surface area contributed by atoms with Crippen molar-refractivity contribution in [2.75, 3.05) is 5.75 Å². The first-order chi connectivity index (χ1) is 10.8. The Morgan fingerprint density at radius 3 is 2.57 bits per heavy atom. The zero-order chi connectivity index (χ0) is 16.7. The van der Waals surface area contributed by atoms with Gasteiger partial charge in [0, 0.05) is 11.7 Å². The van der Waals surface area contributed by atoms with Gasteiger partial charge < -0.3 is 4.18 Å². The number of fused-ring (bicyclic) bond motifs is 2. The average molecular weight is 354 g/mol. The fourth-order valence-corrected chi connectivity index (χ4v) is 6.91. The van der Waals surface area contributed by atoms with Gasteiger partial charge in [0.15, 0.2) is 5.78 Å². The molecule has 1 aromatic carbocycles. The van der Waals surface area contributed by atoms with Gasteiger partial charge in [-0.1, -0.05) is 26.0 Å². The van der Waals surface area contributed by atoms with E-state index in [9.17, 15) is 13.2 Å². The number of hydrogen-bond donors (Lipinski definition) is 0. The quantitative estimate of drug-likeness (QED) is 0.732. The number of hydrogen-bond acceptors (Lipinski definition) is 5. The van der Waals surface area contributed by atoms with Crippen LogP contribution in [0.5, 0.6) is 5.75 Å². The fraction of sp³-hybridized carbons (Fsp3) is 0.588. The van der Waals surface area contributed by atoms with Gasteiger partial charge in [0.1, 0.15) is 11.5 Å². The molecular formula is C17H22O4S2. The molecule has 2 aliphatic rings. The lowest BCUT2D eigenvalue weighted by Gasteiger charge is -2.22. The van der Waals surface area contributed by atoms with Crippen LogP contribution < -0.4 is 4.18 Å². The topological polar surface area (TPSA) is 60.4 Å². The number of thioether (sulfide) groups is 1. The Labute approximate surface area is 142 Å². The molecule has 1 aromatic rings. The molecular weight excluding hydrogens is 332 g/mol. The highest BCUT2D eigenvalue weighted by Gasteiger charge is 2.55. The zero-order valence-electron chi connectivity index (χ0n) is 13.4. The second-order valence-corrected chi connectivity index (χ2v) is 9.82. The van der Waals surface area contributed by atoms with Gasteiger partial charge in [0.2, 0.25) is 0 Å². The first kappa shape index (κ1) is 16.8. The monoisotopic (exact) mass is 354 g/mol. The van der Waals surface area contributed by atoms with Crippen molar-refractivity contribution in [1.82, 2.24) is 0 Å². The molecule has 3 unspecified atom stereocenters. The maximum absolute atomic E-state index is 12.4. The summed E-state index contributed by atoms with van der Waals surface area (Å²) in [6.07, 6.45) is 3.11. The molecule has 2 bridgehead atoms. The SMILES string of the molecule is CCC(C)c1ccc(OS(=O)(=O)CC23CCC(CC2=O)S3)cc1. The molecule has 0 aromatic heterocycles. The second-order valence-electron chi connectivity index (χ2n) is 6.56. The highest BCUT2D eigenvalue weighted by molar-refractivity contribution is 8.03. The number of ketones is 1. The van der Waals surface area contributed by atoms with Crippen molar-refractivity contribution in [3.8, 4) is 5.75 Å². The van der Waals surface area contributed by atoms with E-state index in [2.05, 4.69) is 13.8 Å². The van der Waals surface area contributed by atoms with Crippen LogP contribution in [0.1, 0.15) is 51.0 Å². The second kappa shape index (κ2) is 6.13. The lowest BCUT2D eigenvalue weighted by Crippen LogP contribution is -2.39. The lowest BCUT2D eigenvalue weighted by atomic mass is 9.89. The smallest absolute Gasteiger partial charge is 0.311 e. The van der Waals surface area contributed by atoms with Crippen molar-refractivity contribution in [2.24, 2.45) is 0 Å². The number of benzene rings is 1. The van der Waals surface area contributed by atoms with E-state index in [-0.39, 0.29) is 11.5 Å². The Bertz CT molecular complexity index is 696. The molecule has 0 N–H and O–H groups in total. The summed E-state index contributed by atoms with van der Waals surface area (Å²) in [6.45, 7) is 4.25. The van der Waals surface area contributed by atoms with Gasteiger partial charge in [-0.3, -0.25) is 4.79 Å². The number of carbonyl (C=O) groups excluding carboxylic acids is 1. The van der Waals surface area contributed by atoms with Crippen LogP contribution in [0.3, 0.4) is 0 Å². The van der Waals surface area contributed by atoms with Crippen LogP contribution in [-0.4, -0.2) is 30.0 Å². The number of Topliss-reactive ketones (excluding diaryl/α,β-unsaturated/α-hetero) is 1. The van der Waals surface area contributed by atoms with E-state index in [4.69, 9.17) is 4.18 Å². The third-order valence-corrected chi connectivity index (χ3v) is 8.12. The predicted molar refractivity (Wildman–Crippen MR) is 92.5 cm³/mol. The van der Waals surface area contributed by atoms with Gasteiger partial charge in [0.25, 0.3) is 0 Å². The first-order valence-corrected chi connectivity index (χ1v) is 10.5. The molecule has 3 atom stereocenters. The van der Waals surface area contributed by atoms with E-state index >= 15 is 0 Å². The lowest BCUT2D eigenvalue weighted by molar-refractivity contribution is -0.121. The van der Waals surface area contributed by atoms with Crippen molar-refractivity contribution >= 4 is 27.7 Å². The molecule has 3 rings (SSSR count). The Morgan fingerprint density at radius 1 is 1.35 bits per heavy atom. The summed E-state index contributed by atoms with van der Waals surface area (Å²) in [6, 6.07) is 7.19. The third kappa shape index (κ3) is 3.43. The summed E-state index contributed by atoms with van der Waals surface area (Å²) in [5.41, 5.74) is 1.16. The van der Waals surface area contributed by atoms with Crippen LogP contribution >= 0.6 is 11.8 Å². The average Bonchev–Trinajstić information content (AvgIpc) is 3.02. The summed E-state index contributed by atoms with van der Waals surface area (Å²) in [5.74, 6) is 0.603. The van der Waals surface area contributed by atoms with Gasteiger partial charge in [-0.2, -0.15) is 8.42 Å². The van der Waals surface area contributed by atoms with Crippen molar-refractivity contribution in [2.45, 2.75) is 55.4 Å². The van der Waals surface area contributed by atoms with Gasteiger partial charge in [-0.05, 0) is 42.9 Å². The van der Waals surface area contributed by atoms with Gasteiger partial charge in [-0.15, -0.1) is 11.8 Å². The normalized spacial score (nSPS) is 28.1.